The highest BCUT2D eigenvalue weighted by Crippen LogP contribution is 2.24. The van der Waals surface area contributed by atoms with Crippen LogP contribution in [0.1, 0.15) is 5.56 Å². The molecule has 2 N–H and O–H groups in total. The third-order valence-electron chi connectivity index (χ3n) is 3.36. The van der Waals surface area contributed by atoms with Crippen molar-refractivity contribution in [1.29, 1.82) is 0 Å². The van der Waals surface area contributed by atoms with Crippen molar-refractivity contribution in [2.45, 2.75) is 6.54 Å². The van der Waals surface area contributed by atoms with Gasteiger partial charge < -0.3 is 10.6 Å². The monoisotopic (exact) mass is 379 g/mol. The van der Waals surface area contributed by atoms with Crippen LogP contribution in [0.2, 0.25) is 10.0 Å². The maximum Gasteiger partial charge on any atom is 0.238 e. The number of hydrogen-bond donors (Lipinski definition) is 2. The zero-order valence-corrected chi connectivity index (χ0v) is 15.3. The minimum Gasteiger partial charge on any atom is -0.351 e. The van der Waals surface area contributed by atoms with Gasteiger partial charge in [0.15, 0.2) is 0 Å². The summed E-state index contributed by atoms with van der Waals surface area (Å²) in [5.41, 5.74) is 1.58. The summed E-state index contributed by atoms with van der Waals surface area (Å²) in [5, 5.41) is 6.33. The average molecular weight is 380 g/mol. The molecule has 0 bridgehead atoms. The van der Waals surface area contributed by atoms with Crippen LogP contribution in [0.4, 0.5) is 5.69 Å². The third-order valence-corrected chi connectivity index (χ3v) is 4.10. The molecule has 0 unspecified atom stereocenters. The second kappa shape index (κ2) is 9.42. The Morgan fingerprint density at radius 1 is 0.960 bits per heavy atom. The van der Waals surface area contributed by atoms with Gasteiger partial charge in [0.2, 0.25) is 11.8 Å². The first-order chi connectivity index (χ1) is 11.9. The number of benzene rings is 2. The van der Waals surface area contributed by atoms with Crippen molar-refractivity contribution < 1.29 is 9.59 Å². The van der Waals surface area contributed by atoms with Gasteiger partial charge in [-0.1, -0.05) is 53.5 Å². The van der Waals surface area contributed by atoms with Gasteiger partial charge in [-0.25, -0.2) is 0 Å². The van der Waals surface area contributed by atoms with Crippen LogP contribution >= 0.6 is 23.2 Å². The summed E-state index contributed by atoms with van der Waals surface area (Å²) in [6, 6.07) is 14.5. The van der Waals surface area contributed by atoms with E-state index in [9.17, 15) is 9.59 Å². The molecule has 2 aromatic rings. The van der Waals surface area contributed by atoms with Crippen LogP contribution in [-0.2, 0) is 16.1 Å². The summed E-state index contributed by atoms with van der Waals surface area (Å²) in [7, 11) is 1.70. The number of nitrogens with one attached hydrogen (secondary N) is 2. The molecule has 0 saturated heterocycles. The SMILES string of the molecule is CN(CC(=O)NCc1ccccc1)CC(=O)Nc1ccc(Cl)c(Cl)c1. The highest BCUT2D eigenvalue weighted by molar-refractivity contribution is 6.42. The van der Waals surface area contributed by atoms with E-state index in [1.807, 2.05) is 30.3 Å². The molecule has 0 atom stereocenters. The van der Waals surface area contributed by atoms with Crippen molar-refractivity contribution in [3.63, 3.8) is 0 Å². The van der Waals surface area contributed by atoms with Crippen molar-refractivity contribution in [1.82, 2.24) is 10.2 Å². The van der Waals surface area contributed by atoms with E-state index < -0.39 is 0 Å². The lowest BCUT2D eigenvalue weighted by Gasteiger charge is -2.16. The van der Waals surface area contributed by atoms with Crippen LogP contribution in [0, 0.1) is 0 Å². The van der Waals surface area contributed by atoms with E-state index in [1.165, 1.54) is 0 Å². The van der Waals surface area contributed by atoms with E-state index in [0.717, 1.165) is 5.56 Å². The Labute approximate surface area is 156 Å². The lowest BCUT2D eigenvalue weighted by Crippen LogP contribution is -2.38. The van der Waals surface area contributed by atoms with Crippen LogP contribution in [0.25, 0.3) is 0 Å². The number of carbonyl (C=O) groups excluding carboxylic acids is 2. The first kappa shape index (κ1) is 19.2. The van der Waals surface area contributed by atoms with Gasteiger partial charge in [0, 0.05) is 12.2 Å². The summed E-state index contributed by atoms with van der Waals surface area (Å²) in [6.45, 7) is 0.670. The van der Waals surface area contributed by atoms with Crippen molar-refractivity contribution in [3.8, 4) is 0 Å². The Hall–Kier alpha value is -2.08. The summed E-state index contributed by atoms with van der Waals surface area (Å²) in [5.74, 6) is -0.384. The number of nitrogens with zero attached hydrogens (tertiary/aromatic N) is 1. The summed E-state index contributed by atoms with van der Waals surface area (Å²) >= 11 is 11.7. The highest BCUT2D eigenvalue weighted by atomic mass is 35.5. The van der Waals surface area contributed by atoms with Crippen LogP contribution < -0.4 is 10.6 Å². The average Bonchev–Trinajstić information content (AvgIpc) is 2.57. The van der Waals surface area contributed by atoms with Gasteiger partial charge >= 0.3 is 0 Å². The minimum atomic E-state index is -0.239. The number of likely N-dealkylation sites (N-methyl/N-ethyl adjacent to an activating group) is 1. The molecule has 2 aromatic carbocycles. The molecule has 7 heteroatoms. The predicted molar refractivity (Wildman–Crippen MR) is 101 cm³/mol. The normalized spacial score (nSPS) is 10.6. The fourth-order valence-corrected chi connectivity index (χ4v) is 2.47. The van der Waals surface area contributed by atoms with E-state index in [0.29, 0.717) is 22.3 Å². The van der Waals surface area contributed by atoms with Crippen molar-refractivity contribution in [2.75, 3.05) is 25.5 Å². The maximum atomic E-state index is 12.0. The number of rotatable bonds is 7. The first-order valence-electron chi connectivity index (χ1n) is 7.68. The second-order valence-electron chi connectivity index (χ2n) is 5.61. The lowest BCUT2D eigenvalue weighted by atomic mass is 10.2. The first-order valence-corrected chi connectivity index (χ1v) is 8.43. The molecule has 0 spiro atoms. The largest absolute Gasteiger partial charge is 0.351 e. The number of halogens is 2. The van der Waals surface area contributed by atoms with E-state index in [2.05, 4.69) is 10.6 Å². The lowest BCUT2D eigenvalue weighted by molar-refractivity contribution is -0.123. The molecule has 0 heterocycles. The van der Waals surface area contributed by atoms with Crippen LogP contribution in [0.3, 0.4) is 0 Å². The van der Waals surface area contributed by atoms with Gasteiger partial charge in [-0.05, 0) is 30.8 Å². The van der Waals surface area contributed by atoms with Crippen molar-refractivity contribution in [2.24, 2.45) is 0 Å². The Morgan fingerprint density at radius 2 is 1.64 bits per heavy atom. The van der Waals surface area contributed by atoms with Gasteiger partial charge in [-0.2, -0.15) is 0 Å². The molecular weight excluding hydrogens is 361 g/mol. The Bertz CT molecular complexity index is 738. The minimum absolute atomic E-state index is 0.0823. The molecular formula is C18H19Cl2N3O2. The van der Waals surface area contributed by atoms with Crippen molar-refractivity contribution in [3.05, 3.63) is 64.1 Å². The molecule has 5 nitrogen and oxygen atoms in total. The zero-order valence-electron chi connectivity index (χ0n) is 13.8. The Balaban J connectivity index is 1.74. The molecule has 0 fully saturated rings. The standard InChI is InChI=1S/C18H19Cl2N3O2/c1-23(11-17(24)21-10-13-5-3-2-4-6-13)12-18(25)22-14-7-8-15(19)16(20)9-14/h2-9H,10-12H2,1H3,(H,21,24)(H,22,25). The molecule has 0 aliphatic heterocycles. The van der Waals surface area contributed by atoms with E-state index in [1.54, 1.807) is 30.1 Å². The van der Waals surface area contributed by atoms with Crippen LogP contribution in [0.15, 0.2) is 48.5 Å². The number of carbonyl (C=O) groups is 2. The molecule has 0 radical (unpaired) electrons. The van der Waals surface area contributed by atoms with Gasteiger partial charge in [-0.15, -0.1) is 0 Å². The third kappa shape index (κ3) is 6.74. The van der Waals surface area contributed by atoms with E-state index in [4.69, 9.17) is 23.2 Å². The molecule has 0 aromatic heterocycles. The molecule has 0 aliphatic rings. The summed E-state index contributed by atoms with van der Waals surface area (Å²) < 4.78 is 0. The van der Waals surface area contributed by atoms with Gasteiger partial charge in [-0.3, -0.25) is 14.5 Å². The van der Waals surface area contributed by atoms with E-state index in [-0.39, 0.29) is 24.9 Å². The predicted octanol–water partition coefficient (Wildman–Crippen LogP) is 3.18. The van der Waals surface area contributed by atoms with Crippen molar-refractivity contribution >= 4 is 40.7 Å². The summed E-state index contributed by atoms with van der Waals surface area (Å²) in [6.07, 6.45) is 0. The fraction of sp³-hybridized carbons (Fsp3) is 0.222. The van der Waals surface area contributed by atoms with Gasteiger partial charge in [0.1, 0.15) is 0 Å². The quantitative estimate of drug-likeness (QED) is 0.776. The number of hydrogen-bond acceptors (Lipinski definition) is 3. The zero-order chi connectivity index (χ0) is 18.2. The smallest absolute Gasteiger partial charge is 0.238 e. The topological polar surface area (TPSA) is 61.4 Å². The Kier molecular flexibility index (Phi) is 7.25. The number of anilines is 1. The van der Waals surface area contributed by atoms with Crippen LogP contribution in [-0.4, -0.2) is 36.9 Å². The van der Waals surface area contributed by atoms with Crippen LogP contribution in [0.5, 0.6) is 0 Å². The molecule has 2 rings (SSSR count). The highest BCUT2D eigenvalue weighted by Gasteiger charge is 2.11. The molecule has 132 valence electrons. The van der Waals surface area contributed by atoms with Gasteiger partial charge in [0.25, 0.3) is 0 Å². The van der Waals surface area contributed by atoms with Gasteiger partial charge in [0.05, 0.1) is 23.1 Å². The van der Waals surface area contributed by atoms with E-state index >= 15 is 0 Å². The molecule has 0 saturated carbocycles. The second-order valence-corrected chi connectivity index (χ2v) is 6.43. The Morgan fingerprint density at radius 3 is 2.32 bits per heavy atom. The maximum absolute atomic E-state index is 12.0. The molecule has 2 amide bonds. The summed E-state index contributed by atoms with van der Waals surface area (Å²) in [4.78, 5) is 25.6. The number of amides is 2. The fourth-order valence-electron chi connectivity index (χ4n) is 2.17. The molecule has 25 heavy (non-hydrogen) atoms. The molecule has 0 aliphatic carbocycles.